The van der Waals surface area contributed by atoms with Crippen LogP contribution >= 0.6 is 0 Å². The lowest BCUT2D eigenvalue weighted by Crippen LogP contribution is -2.40. The van der Waals surface area contributed by atoms with Gasteiger partial charge < -0.3 is 10.0 Å². The molecule has 0 radical (unpaired) electrons. The summed E-state index contributed by atoms with van der Waals surface area (Å²) in [5, 5.41) is 9.32. The monoisotopic (exact) mass is 235 g/mol. The van der Waals surface area contributed by atoms with Gasteiger partial charge in [-0.15, -0.1) is 0 Å². The van der Waals surface area contributed by atoms with Gasteiger partial charge in [0.05, 0.1) is 6.61 Å². The minimum atomic E-state index is 0.00160. The predicted octanol–water partition coefficient (Wildman–Crippen LogP) is 1.98. The molecule has 1 aliphatic rings. The van der Waals surface area contributed by atoms with E-state index in [1.807, 2.05) is 0 Å². The minimum Gasteiger partial charge on any atom is -0.391 e. The number of aliphatic hydroxyl groups excluding tert-OH is 1. The summed E-state index contributed by atoms with van der Waals surface area (Å²) in [5.41, 5.74) is 0.813. The van der Waals surface area contributed by atoms with E-state index < -0.39 is 0 Å². The van der Waals surface area contributed by atoms with Crippen molar-refractivity contribution in [2.45, 2.75) is 45.3 Å². The highest BCUT2D eigenvalue weighted by Crippen LogP contribution is 2.30. The van der Waals surface area contributed by atoms with Gasteiger partial charge in [-0.3, -0.25) is 0 Å². The van der Waals surface area contributed by atoms with Gasteiger partial charge >= 0.3 is 0 Å². The Kier molecular flexibility index (Phi) is 3.94. The molecule has 0 aromatic carbocycles. The van der Waals surface area contributed by atoms with Gasteiger partial charge in [0.1, 0.15) is 12.1 Å². The first kappa shape index (κ1) is 12.3. The number of hydrogen-bond acceptors (Lipinski definition) is 4. The van der Waals surface area contributed by atoms with Crippen LogP contribution in [-0.2, 0) is 6.61 Å². The molecule has 2 rings (SSSR count). The van der Waals surface area contributed by atoms with Crippen molar-refractivity contribution in [2.75, 3.05) is 11.9 Å². The van der Waals surface area contributed by atoms with Crippen molar-refractivity contribution in [3.8, 4) is 0 Å². The van der Waals surface area contributed by atoms with Gasteiger partial charge in [0.2, 0.25) is 0 Å². The van der Waals surface area contributed by atoms with Gasteiger partial charge in [0, 0.05) is 24.8 Å². The van der Waals surface area contributed by atoms with Gasteiger partial charge in [-0.1, -0.05) is 19.8 Å². The average Bonchev–Trinajstić information content (AvgIpc) is 2.38. The first-order valence-corrected chi connectivity index (χ1v) is 6.36. The Labute approximate surface area is 103 Å². The number of anilines is 1. The topological polar surface area (TPSA) is 49.2 Å². The van der Waals surface area contributed by atoms with Gasteiger partial charge in [-0.2, -0.15) is 0 Å². The molecule has 4 nitrogen and oxygen atoms in total. The summed E-state index contributed by atoms with van der Waals surface area (Å²) >= 11 is 0. The van der Waals surface area contributed by atoms with Crippen LogP contribution in [0.4, 0.5) is 5.82 Å². The quantitative estimate of drug-likeness (QED) is 0.870. The Morgan fingerprint density at radius 3 is 2.88 bits per heavy atom. The summed E-state index contributed by atoms with van der Waals surface area (Å²) < 4.78 is 0. The molecule has 0 aliphatic heterocycles. The minimum absolute atomic E-state index is 0.00160. The van der Waals surface area contributed by atoms with E-state index in [0.29, 0.717) is 12.0 Å². The normalized spacial score (nSPS) is 24.6. The molecule has 0 amide bonds. The molecule has 1 heterocycles. The maximum absolute atomic E-state index is 9.32. The molecule has 1 fully saturated rings. The van der Waals surface area contributed by atoms with Crippen molar-refractivity contribution in [3.63, 3.8) is 0 Å². The summed E-state index contributed by atoms with van der Waals surface area (Å²) in [7, 11) is 2.08. The zero-order chi connectivity index (χ0) is 12.3. The summed E-state index contributed by atoms with van der Waals surface area (Å²) in [4.78, 5) is 10.5. The summed E-state index contributed by atoms with van der Waals surface area (Å²) in [6.07, 6.45) is 8.38. The van der Waals surface area contributed by atoms with Gasteiger partial charge in [-0.25, -0.2) is 9.97 Å². The average molecular weight is 235 g/mol. The number of aromatic nitrogens is 2. The molecule has 0 spiro atoms. The van der Waals surface area contributed by atoms with Crippen LogP contribution in [0.15, 0.2) is 12.5 Å². The fourth-order valence-corrected chi connectivity index (χ4v) is 2.81. The Balaban J connectivity index is 2.20. The zero-order valence-corrected chi connectivity index (χ0v) is 10.6. The number of aliphatic hydroxyl groups is 1. The van der Waals surface area contributed by atoms with Crippen molar-refractivity contribution in [1.82, 2.24) is 9.97 Å². The maximum atomic E-state index is 9.32. The fourth-order valence-electron chi connectivity index (χ4n) is 2.81. The maximum Gasteiger partial charge on any atom is 0.137 e. The van der Waals surface area contributed by atoms with Crippen molar-refractivity contribution < 1.29 is 5.11 Å². The highest BCUT2D eigenvalue weighted by atomic mass is 16.3. The van der Waals surface area contributed by atoms with Crippen LogP contribution in [0.3, 0.4) is 0 Å². The molecule has 17 heavy (non-hydrogen) atoms. The highest BCUT2D eigenvalue weighted by Gasteiger charge is 2.26. The first-order valence-electron chi connectivity index (χ1n) is 6.36. The third-order valence-electron chi connectivity index (χ3n) is 3.83. The summed E-state index contributed by atoms with van der Waals surface area (Å²) in [6, 6.07) is 0.531. The number of hydrogen-bond donors (Lipinski definition) is 1. The second-order valence-corrected chi connectivity index (χ2v) is 4.97. The SMILES string of the molecule is CC1CCCCC1N(C)c1ncncc1CO. The Bertz CT molecular complexity index is 369. The van der Waals surface area contributed by atoms with Crippen LogP contribution in [0.1, 0.15) is 38.2 Å². The van der Waals surface area contributed by atoms with Crippen LogP contribution in [0.25, 0.3) is 0 Å². The molecule has 2 atom stereocenters. The third-order valence-corrected chi connectivity index (χ3v) is 3.83. The molecule has 0 bridgehead atoms. The van der Waals surface area contributed by atoms with E-state index in [1.165, 1.54) is 25.7 Å². The third kappa shape index (κ3) is 2.57. The standard InChI is InChI=1S/C13H21N3O/c1-10-5-3-4-6-12(10)16(2)13-11(8-17)7-14-9-15-13/h7,9-10,12,17H,3-6,8H2,1-2H3. The number of nitrogens with zero attached hydrogens (tertiary/aromatic N) is 3. The van der Waals surface area contributed by atoms with Crippen molar-refractivity contribution in [1.29, 1.82) is 0 Å². The molecular weight excluding hydrogens is 214 g/mol. The van der Waals surface area contributed by atoms with Crippen LogP contribution in [0, 0.1) is 5.92 Å². The second-order valence-electron chi connectivity index (χ2n) is 4.97. The van der Waals surface area contributed by atoms with E-state index in [9.17, 15) is 5.11 Å². The Hall–Kier alpha value is -1.16. The lowest BCUT2D eigenvalue weighted by molar-refractivity contribution is 0.279. The van der Waals surface area contributed by atoms with E-state index in [0.717, 1.165) is 11.4 Å². The predicted molar refractivity (Wildman–Crippen MR) is 67.8 cm³/mol. The van der Waals surface area contributed by atoms with E-state index in [2.05, 4.69) is 28.8 Å². The Morgan fingerprint density at radius 2 is 2.18 bits per heavy atom. The lowest BCUT2D eigenvalue weighted by atomic mass is 9.85. The van der Waals surface area contributed by atoms with E-state index >= 15 is 0 Å². The van der Waals surface area contributed by atoms with Crippen LogP contribution in [0.5, 0.6) is 0 Å². The summed E-state index contributed by atoms with van der Waals surface area (Å²) in [6.45, 7) is 2.31. The Morgan fingerprint density at radius 1 is 1.41 bits per heavy atom. The zero-order valence-electron chi connectivity index (χ0n) is 10.6. The molecule has 1 aromatic rings. The first-order chi connectivity index (χ1) is 8.24. The smallest absolute Gasteiger partial charge is 0.137 e. The molecule has 1 aromatic heterocycles. The molecule has 1 saturated carbocycles. The number of rotatable bonds is 3. The molecule has 1 N–H and O–H groups in total. The molecule has 94 valence electrons. The van der Waals surface area contributed by atoms with Gasteiger partial charge in [0.15, 0.2) is 0 Å². The van der Waals surface area contributed by atoms with Crippen LogP contribution < -0.4 is 4.90 Å². The van der Waals surface area contributed by atoms with Gasteiger partial charge in [-0.05, 0) is 18.8 Å². The van der Waals surface area contributed by atoms with Crippen molar-refractivity contribution >= 4 is 5.82 Å². The molecular formula is C13H21N3O. The molecule has 2 unspecified atom stereocenters. The van der Waals surface area contributed by atoms with Crippen molar-refractivity contribution in [3.05, 3.63) is 18.1 Å². The van der Waals surface area contributed by atoms with Crippen LogP contribution in [0.2, 0.25) is 0 Å². The highest BCUT2D eigenvalue weighted by molar-refractivity contribution is 5.45. The largest absolute Gasteiger partial charge is 0.391 e. The second kappa shape index (κ2) is 5.45. The summed E-state index contributed by atoms with van der Waals surface area (Å²) in [5.74, 6) is 1.57. The lowest BCUT2D eigenvalue weighted by Gasteiger charge is -2.37. The van der Waals surface area contributed by atoms with Crippen LogP contribution in [-0.4, -0.2) is 28.2 Å². The molecule has 4 heteroatoms. The van der Waals surface area contributed by atoms with E-state index in [-0.39, 0.29) is 6.61 Å². The van der Waals surface area contributed by atoms with E-state index in [1.54, 1.807) is 12.5 Å². The van der Waals surface area contributed by atoms with Crippen molar-refractivity contribution in [2.24, 2.45) is 5.92 Å². The molecule has 0 saturated heterocycles. The fraction of sp³-hybridized carbons (Fsp3) is 0.692. The van der Waals surface area contributed by atoms with E-state index in [4.69, 9.17) is 0 Å². The van der Waals surface area contributed by atoms with Gasteiger partial charge in [0.25, 0.3) is 0 Å². The molecule has 1 aliphatic carbocycles.